The number of amides is 1. The second-order valence-corrected chi connectivity index (χ2v) is 6.27. The van der Waals surface area contributed by atoms with E-state index in [1.807, 2.05) is 53.4 Å². The van der Waals surface area contributed by atoms with Gasteiger partial charge in [-0.15, -0.1) is 0 Å². The molecule has 0 bridgehead atoms. The molecule has 2 aromatic carbocycles. The van der Waals surface area contributed by atoms with Crippen LogP contribution in [0.15, 0.2) is 53.5 Å². The molecule has 0 aromatic heterocycles. The molecule has 130 valence electrons. The fourth-order valence-electron chi connectivity index (χ4n) is 2.90. The van der Waals surface area contributed by atoms with Gasteiger partial charge in [-0.3, -0.25) is 9.79 Å². The van der Waals surface area contributed by atoms with Gasteiger partial charge in [-0.05, 0) is 29.3 Å². The highest BCUT2D eigenvalue weighted by Crippen LogP contribution is 2.27. The lowest BCUT2D eigenvalue weighted by atomic mass is 10.2. The van der Waals surface area contributed by atoms with Gasteiger partial charge in [-0.1, -0.05) is 41.9 Å². The molecule has 0 unspecified atom stereocenters. The van der Waals surface area contributed by atoms with Crippen LogP contribution >= 0.6 is 11.6 Å². The molecule has 0 radical (unpaired) electrons. The normalized spacial score (nSPS) is 13.8. The first-order valence-corrected chi connectivity index (χ1v) is 8.62. The van der Waals surface area contributed by atoms with Crippen molar-refractivity contribution in [2.45, 2.75) is 13.0 Å². The number of aliphatic imine (C=N–C) groups is 1. The van der Waals surface area contributed by atoms with Crippen molar-refractivity contribution in [3.63, 3.8) is 0 Å². The largest absolute Gasteiger partial charge is 0.355 e. The number of fused-ring (bicyclic) bond motifs is 1. The third-order valence-corrected chi connectivity index (χ3v) is 4.36. The molecule has 0 spiro atoms. The highest BCUT2D eigenvalue weighted by Gasteiger charge is 2.25. The second kappa shape index (κ2) is 8.03. The van der Waals surface area contributed by atoms with E-state index in [0.29, 0.717) is 37.0 Å². The molecule has 6 heteroatoms. The average Bonchev–Trinajstić information content (AvgIpc) is 2.93. The van der Waals surface area contributed by atoms with Crippen molar-refractivity contribution >= 4 is 29.2 Å². The molecule has 0 saturated heterocycles. The van der Waals surface area contributed by atoms with Gasteiger partial charge in [0.15, 0.2) is 5.96 Å². The van der Waals surface area contributed by atoms with Crippen molar-refractivity contribution < 1.29 is 4.79 Å². The number of anilines is 1. The quantitative estimate of drug-likeness (QED) is 0.639. The Kier molecular flexibility index (Phi) is 5.56. The van der Waals surface area contributed by atoms with E-state index in [2.05, 4.69) is 15.6 Å². The molecular weight excluding hydrogens is 336 g/mol. The van der Waals surface area contributed by atoms with Gasteiger partial charge in [0.2, 0.25) is 5.91 Å². The molecule has 2 N–H and O–H groups in total. The number of para-hydroxylation sites is 1. The first kappa shape index (κ1) is 17.3. The van der Waals surface area contributed by atoms with Crippen LogP contribution in [-0.2, 0) is 17.8 Å². The van der Waals surface area contributed by atoms with E-state index in [4.69, 9.17) is 11.6 Å². The summed E-state index contributed by atoms with van der Waals surface area (Å²) in [6, 6.07) is 15.6. The maximum Gasteiger partial charge on any atom is 0.231 e. The Morgan fingerprint density at radius 2 is 2.04 bits per heavy atom. The number of halogens is 1. The summed E-state index contributed by atoms with van der Waals surface area (Å²) in [5.74, 6) is 0.838. The molecule has 2 aromatic rings. The third-order valence-electron chi connectivity index (χ3n) is 4.13. The van der Waals surface area contributed by atoms with Crippen molar-refractivity contribution in [1.82, 2.24) is 10.6 Å². The Morgan fingerprint density at radius 3 is 2.84 bits per heavy atom. The van der Waals surface area contributed by atoms with Crippen LogP contribution < -0.4 is 15.5 Å². The lowest BCUT2D eigenvalue weighted by Gasteiger charge is -2.19. The number of hydrogen-bond donors (Lipinski definition) is 2. The van der Waals surface area contributed by atoms with Gasteiger partial charge in [0.1, 0.15) is 0 Å². The van der Waals surface area contributed by atoms with E-state index < -0.39 is 0 Å². The van der Waals surface area contributed by atoms with Gasteiger partial charge >= 0.3 is 0 Å². The topological polar surface area (TPSA) is 56.7 Å². The van der Waals surface area contributed by atoms with E-state index in [1.54, 1.807) is 7.05 Å². The van der Waals surface area contributed by atoms with Crippen LogP contribution in [0.1, 0.15) is 11.1 Å². The number of carbonyl (C=O) groups is 1. The summed E-state index contributed by atoms with van der Waals surface area (Å²) in [6.45, 7) is 1.86. The molecule has 0 aliphatic carbocycles. The molecule has 0 saturated carbocycles. The van der Waals surface area contributed by atoms with Gasteiger partial charge in [-0.2, -0.15) is 0 Å². The fourth-order valence-corrected chi connectivity index (χ4v) is 3.11. The van der Waals surface area contributed by atoms with Crippen molar-refractivity contribution in [3.8, 4) is 0 Å². The minimum atomic E-state index is 0.143. The maximum absolute atomic E-state index is 12.2. The SMILES string of the molecule is CN=C(NCCN1C(=O)Cc2ccccc21)NCc1cccc(Cl)c1. The summed E-state index contributed by atoms with van der Waals surface area (Å²) in [5, 5.41) is 7.21. The minimum Gasteiger partial charge on any atom is -0.355 e. The number of hydrogen-bond acceptors (Lipinski definition) is 2. The van der Waals surface area contributed by atoms with Crippen LogP contribution in [0.2, 0.25) is 5.02 Å². The van der Waals surface area contributed by atoms with Crippen LogP contribution in [0, 0.1) is 0 Å². The molecule has 0 fully saturated rings. The zero-order chi connectivity index (χ0) is 17.6. The molecular formula is C19H21ClN4O. The monoisotopic (exact) mass is 356 g/mol. The van der Waals surface area contributed by atoms with Gasteiger partial charge in [0.05, 0.1) is 6.42 Å². The number of rotatable bonds is 5. The predicted octanol–water partition coefficient (Wildman–Crippen LogP) is 2.59. The molecule has 3 rings (SSSR count). The van der Waals surface area contributed by atoms with E-state index in [1.165, 1.54) is 0 Å². The van der Waals surface area contributed by atoms with E-state index in [0.717, 1.165) is 16.8 Å². The van der Waals surface area contributed by atoms with Crippen molar-refractivity contribution in [3.05, 3.63) is 64.7 Å². The third kappa shape index (κ3) is 4.31. The fraction of sp³-hybridized carbons (Fsp3) is 0.263. The van der Waals surface area contributed by atoms with Crippen LogP contribution in [0.25, 0.3) is 0 Å². The van der Waals surface area contributed by atoms with Gasteiger partial charge < -0.3 is 15.5 Å². The zero-order valence-electron chi connectivity index (χ0n) is 14.1. The summed E-state index contributed by atoms with van der Waals surface area (Å²) < 4.78 is 0. The highest BCUT2D eigenvalue weighted by molar-refractivity contribution is 6.30. The van der Waals surface area contributed by atoms with Crippen LogP contribution in [-0.4, -0.2) is 32.0 Å². The molecule has 1 heterocycles. The standard InChI is InChI=1S/C19H21ClN4O/c1-21-19(23-13-14-5-4-7-16(20)11-14)22-9-10-24-17-8-3-2-6-15(17)12-18(24)25/h2-8,11H,9-10,12-13H2,1H3,(H2,21,22,23). The molecule has 1 amide bonds. The van der Waals surface area contributed by atoms with Gasteiger partial charge in [0.25, 0.3) is 0 Å². The first-order chi connectivity index (χ1) is 12.2. The number of nitrogens with one attached hydrogen (secondary N) is 2. The van der Waals surface area contributed by atoms with Crippen molar-refractivity contribution in [1.29, 1.82) is 0 Å². The molecule has 25 heavy (non-hydrogen) atoms. The Labute approximate surface area is 152 Å². The Balaban J connectivity index is 1.50. The van der Waals surface area contributed by atoms with Crippen LogP contribution in [0.3, 0.4) is 0 Å². The summed E-state index contributed by atoms with van der Waals surface area (Å²) in [5.41, 5.74) is 3.19. The first-order valence-electron chi connectivity index (χ1n) is 8.24. The molecule has 1 aliphatic heterocycles. The number of benzene rings is 2. The smallest absolute Gasteiger partial charge is 0.231 e. The van der Waals surface area contributed by atoms with Crippen molar-refractivity contribution in [2.75, 3.05) is 25.0 Å². The second-order valence-electron chi connectivity index (χ2n) is 5.83. The summed E-state index contributed by atoms with van der Waals surface area (Å²) >= 11 is 5.99. The van der Waals surface area contributed by atoms with Crippen LogP contribution in [0.4, 0.5) is 5.69 Å². The Bertz CT molecular complexity index is 790. The number of guanidine groups is 1. The van der Waals surface area contributed by atoms with Gasteiger partial charge in [-0.25, -0.2) is 0 Å². The van der Waals surface area contributed by atoms with Crippen LogP contribution in [0.5, 0.6) is 0 Å². The predicted molar refractivity (Wildman–Crippen MR) is 102 cm³/mol. The minimum absolute atomic E-state index is 0.143. The number of carbonyl (C=O) groups excluding carboxylic acids is 1. The Hall–Kier alpha value is -2.53. The summed E-state index contributed by atoms with van der Waals surface area (Å²) in [7, 11) is 1.73. The number of nitrogens with zero attached hydrogens (tertiary/aromatic N) is 2. The molecule has 5 nitrogen and oxygen atoms in total. The summed E-state index contributed by atoms with van der Waals surface area (Å²) in [4.78, 5) is 18.2. The maximum atomic E-state index is 12.2. The highest BCUT2D eigenvalue weighted by atomic mass is 35.5. The van der Waals surface area contributed by atoms with Crippen molar-refractivity contribution in [2.24, 2.45) is 4.99 Å². The zero-order valence-corrected chi connectivity index (χ0v) is 14.9. The lowest BCUT2D eigenvalue weighted by Crippen LogP contribution is -2.42. The lowest BCUT2D eigenvalue weighted by molar-refractivity contribution is -0.117. The molecule has 1 aliphatic rings. The average molecular weight is 357 g/mol. The van der Waals surface area contributed by atoms with Gasteiger partial charge in [0, 0.05) is 37.4 Å². The van der Waals surface area contributed by atoms with E-state index in [-0.39, 0.29) is 5.91 Å². The molecule has 0 atom stereocenters. The van der Waals surface area contributed by atoms with E-state index in [9.17, 15) is 4.79 Å². The summed E-state index contributed by atoms with van der Waals surface area (Å²) in [6.07, 6.45) is 0.484. The van der Waals surface area contributed by atoms with E-state index >= 15 is 0 Å². The Morgan fingerprint density at radius 1 is 1.20 bits per heavy atom.